The summed E-state index contributed by atoms with van der Waals surface area (Å²) >= 11 is 0. The van der Waals surface area contributed by atoms with Gasteiger partial charge < -0.3 is 14.6 Å². The quantitative estimate of drug-likeness (QED) is 0.714. The van der Waals surface area contributed by atoms with Gasteiger partial charge in [0, 0.05) is 12.1 Å². The average molecular weight is 365 g/mol. The molecule has 1 aliphatic heterocycles. The Balaban J connectivity index is 1.89. The van der Waals surface area contributed by atoms with Crippen molar-refractivity contribution in [2.24, 2.45) is 4.99 Å². The lowest BCUT2D eigenvalue weighted by Gasteiger charge is -2.20. The van der Waals surface area contributed by atoms with Crippen LogP contribution in [0.4, 0.5) is 0 Å². The van der Waals surface area contributed by atoms with E-state index in [1.54, 1.807) is 12.1 Å². The highest BCUT2D eigenvalue weighted by molar-refractivity contribution is 6.12. The molecule has 1 heterocycles. The fraction of sp³-hybridized carbons (Fsp3) is 0.348. The summed E-state index contributed by atoms with van der Waals surface area (Å²) in [5, 5.41) is 9.42. The first-order valence-electron chi connectivity index (χ1n) is 9.65. The molecule has 1 N–H and O–H groups in total. The molecule has 0 fully saturated rings. The summed E-state index contributed by atoms with van der Waals surface area (Å²) < 4.78 is 11.9. The number of phenolic OH excluding ortho intramolecular Hbond substituents is 1. The molecule has 0 amide bonds. The molecule has 2 aromatic carbocycles. The second kappa shape index (κ2) is 9.26. The predicted octanol–water partition coefficient (Wildman–Crippen LogP) is 5.03. The number of ether oxygens (including phenoxy) is 2. The van der Waals surface area contributed by atoms with Crippen LogP contribution in [0, 0.1) is 0 Å². The Morgan fingerprint density at radius 2 is 1.63 bits per heavy atom. The van der Waals surface area contributed by atoms with E-state index in [4.69, 9.17) is 14.5 Å². The van der Waals surface area contributed by atoms with Crippen molar-refractivity contribution in [1.29, 1.82) is 0 Å². The first kappa shape index (κ1) is 19.0. The number of allylic oxidation sites excluding steroid dienone is 1. The second-order valence-electron chi connectivity index (χ2n) is 6.59. The Hall–Kier alpha value is -2.75. The van der Waals surface area contributed by atoms with Gasteiger partial charge in [-0.05, 0) is 60.7 Å². The number of nitrogens with zero attached hydrogens (tertiary/aromatic N) is 1. The van der Waals surface area contributed by atoms with Gasteiger partial charge in [0.2, 0.25) is 0 Å². The number of hydrogen-bond acceptors (Lipinski definition) is 4. The Labute approximate surface area is 161 Å². The van der Waals surface area contributed by atoms with Crippen molar-refractivity contribution in [3.63, 3.8) is 0 Å². The summed E-state index contributed by atoms with van der Waals surface area (Å²) in [5.41, 5.74) is 4.32. The van der Waals surface area contributed by atoms with Gasteiger partial charge in [-0.15, -0.1) is 0 Å². The van der Waals surface area contributed by atoms with E-state index < -0.39 is 0 Å². The maximum Gasteiger partial charge on any atom is 0.161 e. The topological polar surface area (TPSA) is 51.0 Å². The molecule has 0 bridgehead atoms. The lowest BCUT2D eigenvalue weighted by atomic mass is 9.96. The van der Waals surface area contributed by atoms with E-state index in [2.05, 4.69) is 26.0 Å². The van der Waals surface area contributed by atoms with Gasteiger partial charge in [-0.3, -0.25) is 4.99 Å². The standard InChI is InChI=1S/C23H27NO3/c1-3-13-26-22-15-18-11-12-24-21(20(18)16-23(22)27-14-4-2)10-7-17-5-8-19(25)9-6-17/h5-10,15-16,25H,3-4,11-14H2,1-2H3/b10-7+. The molecule has 4 heteroatoms. The molecule has 0 radical (unpaired) electrons. The number of fused-ring (bicyclic) bond motifs is 1. The Morgan fingerprint density at radius 1 is 0.963 bits per heavy atom. The van der Waals surface area contributed by atoms with Crippen LogP contribution in [-0.2, 0) is 6.42 Å². The van der Waals surface area contributed by atoms with Crippen LogP contribution < -0.4 is 9.47 Å². The molecule has 0 aromatic heterocycles. The van der Waals surface area contributed by atoms with E-state index in [1.165, 1.54) is 5.56 Å². The van der Waals surface area contributed by atoms with Gasteiger partial charge >= 0.3 is 0 Å². The van der Waals surface area contributed by atoms with Gasteiger partial charge in [-0.2, -0.15) is 0 Å². The molecule has 4 nitrogen and oxygen atoms in total. The fourth-order valence-corrected chi connectivity index (χ4v) is 2.98. The minimum absolute atomic E-state index is 0.268. The molecule has 3 rings (SSSR count). The van der Waals surface area contributed by atoms with Gasteiger partial charge in [-0.25, -0.2) is 0 Å². The van der Waals surface area contributed by atoms with Crippen LogP contribution in [0.2, 0.25) is 0 Å². The van der Waals surface area contributed by atoms with Crippen LogP contribution in [0.5, 0.6) is 17.2 Å². The van der Waals surface area contributed by atoms with Crippen molar-refractivity contribution in [3.8, 4) is 17.2 Å². The maximum absolute atomic E-state index is 9.42. The molecule has 0 saturated carbocycles. The summed E-state index contributed by atoms with van der Waals surface area (Å²) in [7, 11) is 0. The van der Waals surface area contributed by atoms with E-state index >= 15 is 0 Å². The van der Waals surface area contributed by atoms with Crippen molar-refractivity contribution < 1.29 is 14.6 Å². The average Bonchev–Trinajstić information content (AvgIpc) is 2.70. The van der Waals surface area contributed by atoms with Gasteiger partial charge in [0.25, 0.3) is 0 Å². The van der Waals surface area contributed by atoms with Gasteiger partial charge in [0.1, 0.15) is 5.75 Å². The summed E-state index contributed by atoms with van der Waals surface area (Å²) in [6, 6.07) is 11.3. The molecule has 0 unspecified atom stereocenters. The van der Waals surface area contributed by atoms with Crippen molar-refractivity contribution in [2.75, 3.05) is 19.8 Å². The Bertz CT molecular complexity index is 822. The van der Waals surface area contributed by atoms with Crippen LogP contribution >= 0.6 is 0 Å². The van der Waals surface area contributed by atoms with Crippen LogP contribution in [0.15, 0.2) is 47.5 Å². The molecular formula is C23H27NO3. The van der Waals surface area contributed by atoms with Crippen molar-refractivity contribution >= 4 is 11.8 Å². The fourth-order valence-electron chi connectivity index (χ4n) is 2.98. The molecule has 0 saturated heterocycles. The van der Waals surface area contributed by atoms with E-state index in [9.17, 15) is 5.11 Å². The number of rotatable bonds is 8. The number of aliphatic imine (C=N–C) groups is 1. The lowest BCUT2D eigenvalue weighted by molar-refractivity contribution is 0.268. The van der Waals surface area contributed by atoms with Gasteiger partial charge in [0.05, 0.1) is 18.9 Å². The third kappa shape index (κ3) is 4.91. The summed E-state index contributed by atoms with van der Waals surface area (Å²) in [4.78, 5) is 4.70. The smallest absolute Gasteiger partial charge is 0.161 e. The highest BCUT2D eigenvalue weighted by atomic mass is 16.5. The molecule has 142 valence electrons. The van der Waals surface area contributed by atoms with Crippen LogP contribution in [0.3, 0.4) is 0 Å². The minimum Gasteiger partial charge on any atom is -0.508 e. The lowest BCUT2D eigenvalue weighted by Crippen LogP contribution is -2.12. The molecule has 0 atom stereocenters. The first-order chi connectivity index (χ1) is 13.2. The molecule has 27 heavy (non-hydrogen) atoms. The molecule has 0 spiro atoms. The van der Waals surface area contributed by atoms with Crippen molar-refractivity contribution in [2.45, 2.75) is 33.1 Å². The van der Waals surface area contributed by atoms with E-state index in [1.807, 2.05) is 24.3 Å². The number of phenols is 1. The largest absolute Gasteiger partial charge is 0.508 e. The number of hydrogen-bond donors (Lipinski definition) is 1. The predicted molar refractivity (Wildman–Crippen MR) is 110 cm³/mol. The van der Waals surface area contributed by atoms with Crippen molar-refractivity contribution in [3.05, 3.63) is 59.2 Å². The third-order valence-electron chi connectivity index (χ3n) is 4.36. The number of benzene rings is 2. The second-order valence-corrected chi connectivity index (χ2v) is 6.59. The summed E-state index contributed by atoms with van der Waals surface area (Å²) in [6.07, 6.45) is 6.86. The zero-order chi connectivity index (χ0) is 19.1. The number of aromatic hydroxyl groups is 1. The SMILES string of the molecule is CCCOc1cc2c(cc1OCCC)C(/C=C/c1ccc(O)cc1)=NCC2. The van der Waals surface area contributed by atoms with Crippen LogP contribution in [0.1, 0.15) is 43.4 Å². The zero-order valence-corrected chi connectivity index (χ0v) is 16.1. The zero-order valence-electron chi connectivity index (χ0n) is 16.1. The molecule has 0 aliphatic carbocycles. The molecule has 1 aliphatic rings. The normalized spacial score (nSPS) is 13.3. The first-order valence-corrected chi connectivity index (χ1v) is 9.65. The maximum atomic E-state index is 9.42. The summed E-state index contributed by atoms with van der Waals surface area (Å²) in [5.74, 6) is 1.88. The Morgan fingerprint density at radius 3 is 2.30 bits per heavy atom. The minimum atomic E-state index is 0.268. The van der Waals surface area contributed by atoms with Crippen molar-refractivity contribution in [1.82, 2.24) is 0 Å². The van der Waals surface area contributed by atoms with Crippen LogP contribution in [-0.4, -0.2) is 30.6 Å². The molecule has 2 aromatic rings. The highest BCUT2D eigenvalue weighted by Gasteiger charge is 2.17. The Kier molecular flexibility index (Phi) is 6.53. The van der Waals surface area contributed by atoms with E-state index in [0.717, 1.165) is 54.1 Å². The van der Waals surface area contributed by atoms with E-state index in [0.29, 0.717) is 13.2 Å². The third-order valence-corrected chi connectivity index (χ3v) is 4.36. The van der Waals surface area contributed by atoms with Gasteiger partial charge in [0.15, 0.2) is 11.5 Å². The monoisotopic (exact) mass is 365 g/mol. The summed E-state index contributed by atoms with van der Waals surface area (Å²) in [6.45, 7) is 6.31. The van der Waals surface area contributed by atoms with Gasteiger partial charge in [-0.1, -0.05) is 32.1 Å². The highest BCUT2D eigenvalue weighted by Crippen LogP contribution is 2.33. The molecular weight excluding hydrogens is 338 g/mol. The van der Waals surface area contributed by atoms with Crippen LogP contribution in [0.25, 0.3) is 6.08 Å². The van der Waals surface area contributed by atoms with E-state index in [-0.39, 0.29) is 5.75 Å².